The predicted molar refractivity (Wildman–Crippen MR) is 54.8 cm³/mol. The fourth-order valence-corrected chi connectivity index (χ4v) is 1.81. The van der Waals surface area contributed by atoms with E-state index in [1.807, 2.05) is 0 Å². The second-order valence-corrected chi connectivity index (χ2v) is 4.00. The van der Waals surface area contributed by atoms with Crippen molar-refractivity contribution in [1.29, 1.82) is 0 Å². The summed E-state index contributed by atoms with van der Waals surface area (Å²) in [5.74, 6) is -0.709. The van der Waals surface area contributed by atoms with Gasteiger partial charge < -0.3 is 5.11 Å². The standard InChI is InChI=1S/C8H6BrCl2FO/c9-4-1-2-5(11)8(12)7(4)6(13)3-10/h1-2,6,13H,3H2. The molecule has 0 bridgehead atoms. The first-order valence-electron chi connectivity index (χ1n) is 3.45. The summed E-state index contributed by atoms with van der Waals surface area (Å²) in [5, 5.41) is 9.33. The van der Waals surface area contributed by atoms with Crippen LogP contribution in [0.4, 0.5) is 4.39 Å². The second kappa shape index (κ2) is 4.60. The van der Waals surface area contributed by atoms with E-state index in [4.69, 9.17) is 23.2 Å². The van der Waals surface area contributed by atoms with E-state index in [1.165, 1.54) is 6.07 Å². The summed E-state index contributed by atoms with van der Waals surface area (Å²) in [4.78, 5) is 0. The monoisotopic (exact) mass is 286 g/mol. The summed E-state index contributed by atoms with van der Waals surface area (Å²) in [5.41, 5.74) is 0.0995. The minimum Gasteiger partial charge on any atom is -0.387 e. The van der Waals surface area contributed by atoms with Crippen LogP contribution < -0.4 is 0 Å². The van der Waals surface area contributed by atoms with Crippen LogP contribution in [0.25, 0.3) is 0 Å². The van der Waals surface area contributed by atoms with Crippen molar-refractivity contribution in [2.24, 2.45) is 0 Å². The van der Waals surface area contributed by atoms with Gasteiger partial charge in [-0.1, -0.05) is 27.5 Å². The molecule has 1 unspecified atom stereocenters. The number of aliphatic hydroxyl groups excluding tert-OH is 1. The summed E-state index contributed by atoms with van der Waals surface area (Å²) in [7, 11) is 0. The maximum absolute atomic E-state index is 13.3. The van der Waals surface area contributed by atoms with Gasteiger partial charge in [0.1, 0.15) is 5.82 Å². The van der Waals surface area contributed by atoms with Crippen LogP contribution in [0.5, 0.6) is 0 Å². The Hall–Kier alpha value is 0.170. The lowest BCUT2D eigenvalue weighted by atomic mass is 10.1. The molecule has 13 heavy (non-hydrogen) atoms. The zero-order valence-electron chi connectivity index (χ0n) is 6.40. The van der Waals surface area contributed by atoms with Crippen LogP contribution in [0, 0.1) is 5.82 Å². The Morgan fingerprint density at radius 3 is 2.69 bits per heavy atom. The first kappa shape index (κ1) is 11.2. The van der Waals surface area contributed by atoms with Gasteiger partial charge in [0, 0.05) is 10.0 Å². The van der Waals surface area contributed by atoms with Gasteiger partial charge in [0.05, 0.1) is 17.0 Å². The molecular weight excluding hydrogens is 282 g/mol. The third-order valence-corrected chi connectivity index (χ3v) is 2.83. The van der Waals surface area contributed by atoms with E-state index in [0.717, 1.165) is 0 Å². The van der Waals surface area contributed by atoms with Crippen molar-refractivity contribution in [2.45, 2.75) is 6.10 Å². The Morgan fingerprint density at radius 2 is 2.15 bits per heavy atom. The highest BCUT2D eigenvalue weighted by atomic mass is 79.9. The smallest absolute Gasteiger partial charge is 0.148 e. The minimum absolute atomic E-state index is 0.0256. The van der Waals surface area contributed by atoms with Gasteiger partial charge in [-0.2, -0.15) is 0 Å². The second-order valence-electron chi connectivity index (χ2n) is 2.43. The van der Waals surface area contributed by atoms with Crippen LogP contribution in [0.1, 0.15) is 11.7 Å². The SMILES string of the molecule is OC(CCl)c1c(Br)ccc(Cl)c1F. The fourth-order valence-electron chi connectivity index (χ4n) is 0.925. The molecule has 0 radical (unpaired) electrons. The van der Waals surface area contributed by atoms with Crippen LogP contribution in [0.3, 0.4) is 0 Å². The van der Waals surface area contributed by atoms with Gasteiger partial charge in [-0.05, 0) is 12.1 Å². The molecule has 0 spiro atoms. The van der Waals surface area contributed by atoms with Crippen LogP contribution in [-0.4, -0.2) is 11.0 Å². The fraction of sp³-hybridized carbons (Fsp3) is 0.250. The summed E-state index contributed by atoms with van der Waals surface area (Å²) < 4.78 is 13.8. The van der Waals surface area contributed by atoms with E-state index in [1.54, 1.807) is 6.07 Å². The van der Waals surface area contributed by atoms with E-state index < -0.39 is 11.9 Å². The van der Waals surface area contributed by atoms with Crippen LogP contribution in [0.15, 0.2) is 16.6 Å². The molecule has 0 aromatic heterocycles. The third kappa shape index (κ3) is 2.34. The van der Waals surface area contributed by atoms with Crippen molar-refractivity contribution in [3.63, 3.8) is 0 Å². The molecule has 1 N–H and O–H groups in total. The van der Waals surface area contributed by atoms with Gasteiger partial charge in [0.15, 0.2) is 0 Å². The molecular formula is C8H6BrCl2FO. The Balaban J connectivity index is 3.25. The summed E-state index contributed by atoms with van der Waals surface area (Å²) in [6, 6.07) is 2.97. The molecule has 0 amide bonds. The topological polar surface area (TPSA) is 20.2 Å². The number of halogens is 4. The van der Waals surface area contributed by atoms with Crippen molar-refractivity contribution in [1.82, 2.24) is 0 Å². The van der Waals surface area contributed by atoms with Gasteiger partial charge >= 0.3 is 0 Å². The lowest BCUT2D eigenvalue weighted by Crippen LogP contribution is -2.03. The normalized spacial score (nSPS) is 13.0. The zero-order valence-corrected chi connectivity index (χ0v) is 9.50. The average Bonchev–Trinajstić information content (AvgIpc) is 2.12. The van der Waals surface area contributed by atoms with Gasteiger partial charge in [-0.3, -0.25) is 0 Å². The van der Waals surface area contributed by atoms with Crippen molar-refractivity contribution < 1.29 is 9.50 Å². The molecule has 0 fully saturated rings. The number of hydrogen-bond acceptors (Lipinski definition) is 1. The highest BCUT2D eigenvalue weighted by Gasteiger charge is 2.17. The lowest BCUT2D eigenvalue weighted by Gasteiger charge is -2.11. The maximum atomic E-state index is 13.3. The average molecular weight is 288 g/mol. The maximum Gasteiger partial charge on any atom is 0.148 e. The molecule has 0 saturated carbocycles. The van der Waals surface area contributed by atoms with E-state index in [2.05, 4.69) is 15.9 Å². The zero-order chi connectivity index (χ0) is 10.0. The molecule has 1 aromatic carbocycles. The summed E-state index contributed by atoms with van der Waals surface area (Å²) in [6.45, 7) is 0. The van der Waals surface area contributed by atoms with E-state index >= 15 is 0 Å². The Kier molecular flexibility index (Phi) is 3.98. The Labute approximate surface area is 93.6 Å². The number of aliphatic hydroxyl groups is 1. The van der Waals surface area contributed by atoms with E-state index in [0.29, 0.717) is 4.47 Å². The summed E-state index contributed by atoms with van der Waals surface area (Å²) in [6.07, 6.45) is -1.05. The van der Waals surface area contributed by atoms with Gasteiger partial charge in [-0.25, -0.2) is 4.39 Å². The highest BCUT2D eigenvalue weighted by molar-refractivity contribution is 9.10. The van der Waals surface area contributed by atoms with Gasteiger partial charge in [-0.15, -0.1) is 11.6 Å². The molecule has 1 nitrogen and oxygen atoms in total. The predicted octanol–water partition coefficient (Wildman–Crippen LogP) is 3.51. The molecule has 5 heteroatoms. The first-order valence-corrected chi connectivity index (χ1v) is 5.16. The Bertz CT molecular complexity index is 319. The molecule has 0 heterocycles. The first-order chi connectivity index (χ1) is 6.07. The molecule has 1 rings (SSSR count). The summed E-state index contributed by atoms with van der Waals surface area (Å²) >= 11 is 14.0. The van der Waals surface area contributed by atoms with Crippen molar-refractivity contribution in [3.8, 4) is 0 Å². The van der Waals surface area contributed by atoms with Crippen LogP contribution >= 0.6 is 39.1 Å². The molecule has 0 aliphatic heterocycles. The molecule has 0 aliphatic carbocycles. The molecule has 0 aliphatic rings. The van der Waals surface area contributed by atoms with Crippen LogP contribution in [-0.2, 0) is 0 Å². The third-order valence-electron chi connectivity index (χ3n) is 1.56. The number of hydrogen-bond donors (Lipinski definition) is 1. The number of alkyl halides is 1. The van der Waals surface area contributed by atoms with Gasteiger partial charge in [0.25, 0.3) is 0 Å². The lowest BCUT2D eigenvalue weighted by molar-refractivity contribution is 0.196. The minimum atomic E-state index is -1.05. The molecule has 0 saturated heterocycles. The largest absolute Gasteiger partial charge is 0.387 e. The van der Waals surface area contributed by atoms with E-state index in [9.17, 15) is 9.50 Å². The quantitative estimate of drug-likeness (QED) is 0.652. The van der Waals surface area contributed by atoms with Crippen LogP contribution in [0.2, 0.25) is 5.02 Å². The van der Waals surface area contributed by atoms with Crippen molar-refractivity contribution in [2.75, 3.05) is 5.88 Å². The molecule has 72 valence electrons. The number of rotatable bonds is 2. The Morgan fingerprint density at radius 1 is 1.54 bits per heavy atom. The van der Waals surface area contributed by atoms with Crippen molar-refractivity contribution >= 4 is 39.1 Å². The molecule has 1 atom stereocenters. The van der Waals surface area contributed by atoms with Gasteiger partial charge in [0.2, 0.25) is 0 Å². The van der Waals surface area contributed by atoms with Crippen molar-refractivity contribution in [3.05, 3.63) is 33.0 Å². The van der Waals surface area contributed by atoms with E-state index in [-0.39, 0.29) is 16.5 Å². The number of benzene rings is 1. The molecule has 1 aromatic rings. The highest BCUT2D eigenvalue weighted by Crippen LogP contribution is 2.31.